The minimum atomic E-state index is 0.0126. The van der Waals surface area contributed by atoms with E-state index >= 15 is 0 Å². The van der Waals surface area contributed by atoms with Crippen LogP contribution in [0.25, 0.3) is 0 Å². The van der Waals surface area contributed by atoms with Crippen molar-refractivity contribution < 1.29 is 9.53 Å². The Labute approximate surface area is 111 Å². The molecule has 2 rings (SSSR count). The molecule has 0 aromatic heterocycles. The normalized spacial score (nSPS) is 30.1. The third kappa shape index (κ3) is 4.00. The number of esters is 1. The summed E-state index contributed by atoms with van der Waals surface area (Å²) in [5, 5.41) is 0. The van der Waals surface area contributed by atoms with Gasteiger partial charge in [0, 0.05) is 6.42 Å². The summed E-state index contributed by atoms with van der Waals surface area (Å²) >= 11 is 0. The Balaban J connectivity index is 1.69. The highest BCUT2D eigenvalue weighted by Crippen LogP contribution is 2.38. The molecule has 0 radical (unpaired) electrons. The zero-order valence-electron chi connectivity index (χ0n) is 11.8. The molecule has 0 saturated heterocycles. The minimum absolute atomic E-state index is 0.0126. The first kappa shape index (κ1) is 13.9. The van der Waals surface area contributed by atoms with Crippen molar-refractivity contribution >= 4 is 5.97 Å². The maximum Gasteiger partial charge on any atom is 0.306 e. The van der Waals surface area contributed by atoms with Crippen LogP contribution in [-0.2, 0) is 9.53 Å². The Morgan fingerprint density at radius 2 is 1.56 bits per heavy atom. The molecule has 2 saturated carbocycles. The van der Waals surface area contributed by atoms with Crippen LogP contribution in [0.3, 0.4) is 0 Å². The molecule has 0 spiro atoms. The van der Waals surface area contributed by atoms with Crippen LogP contribution in [0, 0.1) is 11.8 Å². The number of rotatable bonds is 4. The van der Waals surface area contributed by atoms with Crippen molar-refractivity contribution in [3.05, 3.63) is 0 Å². The van der Waals surface area contributed by atoms with Crippen LogP contribution < -0.4 is 0 Å². The molecule has 0 bridgehead atoms. The summed E-state index contributed by atoms with van der Waals surface area (Å²) in [6, 6.07) is 0. The molecule has 0 N–H and O–H groups in total. The van der Waals surface area contributed by atoms with Gasteiger partial charge in [-0.15, -0.1) is 0 Å². The van der Waals surface area contributed by atoms with Crippen LogP contribution in [0.4, 0.5) is 0 Å². The Bertz CT molecular complexity index is 248. The summed E-state index contributed by atoms with van der Waals surface area (Å²) in [5.41, 5.74) is 0. The molecule has 18 heavy (non-hydrogen) atoms. The van der Waals surface area contributed by atoms with Gasteiger partial charge in [-0.25, -0.2) is 0 Å². The van der Waals surface area contributed by atoms with Gasteiger partial charge in [0.25, 0.3) is 0 Å². The van der Waals surface area contributed by atoms with E-state index in [1.54, 1.807) is 0 Å². The largest absolute Gasteiger partial charge is 0.462 e. The molecule has 0 amide bonds. The molecule has 2 heteroatoms. The van der Waals surface area contributed by atoms with E-state index in [1.165, 1.54) is 44.9 Å². The molecular formula is C16H28O2. The second-order valence-corrected chi connectivity index (χ2v) is 6.17. The fourth-order valence-electron chi connectivity index (χ4n) is 3.73. The number of ether oxygens (including phenoxy) is 1. The van der Waals surface area contributed by atoms with Crippen LogP contribution in [0.15, 0.2) is 0 Å². The zero-order valence-corrected chi connectivity index (χ0v) is 11.8. The number of hydrogen-bond donors (Lipinski definition) is 0. The third-order valence-corrected chi connectivity index (χ3v) is 4.79. The van der Waals surface area contributed by atoms with Crippen molar-refractivity contribution in [3.63, 3.8) is 0 Å². The summed E-state index contributed by atoms with van der Waals surface area (Å²) in [6.07, 6.45) is 13.7. The van der Waals surface area contributed by atoms with Gasteiger partial charge in [-0.3, -0.25) is 4.79 Å². The fourth-order valence-corrected chi connectivity index (χ4v) is 3.73. The Morgan fingerprint density at radius 3 is 2.17 bits per heavy atom. The number of carbonyl (C=O) groups excluding carboxylic acids is 1. The van der Waals surface area contributed by atoms with Gasteiger partial charge in [0.2, 0.25) is 0 Å². The Kier molecular flexibility index (Phi) is 5.52. The van der Waals surface area contributed by atoms with E-state index in [2.05, 4.69) is 0 Å². The quantitative estimate of drug-likeness (QED) is 0.690. The van der Waals surface area contributed by atoms with E-state index in [0.717, 1.165) is 31.1 Å². The van der Waals surface area contributed by atoms with Gasteiger partial charge in [0.1, 0.15) is 6.10 Å². The SMILES string of the molecule is CCCC(=O)OC1CCC(C2CCCCC2)CC1. The summed E-state index contributed by atoms with van der Waals surface area (Å²) in [4.78, 5) is 11.5. The van der Waals surface area contributed by atoms with Gasteiger partial charge in [0.05, 0.1) is 0 Å². The maximum absolute atomic E-state index is 11.5. The monoisotopic (exact) mass is 252 g/mol. The molecular weight excluding hydrogens is 224 g/mol. The smallest absolute Gasteiger partial charge is 0.306 e. The van der Waals surface area contributed by atoms with E-state index in [0.29, 0.717) is 6.42 Å². The minimum Gasteiger partial charge on any atom is -0.462 e. The first-order chi connectivity index (χ1) is 8.79. The molecule has 2 aliphatic rings. The molecule has 0 aliphatic heterocycles. The van der Waals surface area contributed by atoms with Crippen LogP contribution >= 0.6 is 0 Å². The Morgan fingerprint density at radius 1 is 0.944 bits per heavy atom. The molecule has 0 unspecified atom stereocenters. The summed E-state index contributed by atoms with van der Waals surface area (Å²) in [6.45, 7) is 2.03. The highest BCUT2D eigenvalue weighted by atomic mass is 16.5. The van der Waals surface area contributed by atoms with Crippen LogP contribution in [0.2, 0.25) is 0 Å². The van der Waals surface area contributed by atoms with Crippen LogP contribution in [0.5, 0.6) is 0 Å². The third-order valence-electron chi connectivity index (χ3n) is 4.79. The topological polar surface area (TPSA) is 26.3 Å². The molecule has 0 aromatic carbocycles. The average molecular weight is 252 g/mol. The van der Waals surface area contributed by atoms with Crippen molar-refractivity contribution in [1.82, 2.24) is 0 Å². The first-order valence-corrected chi connectivity index (χ1v) is 7.99. The van der Waals surface area contributed by atoms with Gasteiger partial charge in [-0.05, 0) is 43.9 Å². The molecule has 2 fully saturated rings. The Hall–Kier alpha value is -0.530. The lowest BCUT2D eigenvalue weighted by Crippen LogP contribution is -2.28. The van der Waals surface area contributed by atoms with Crippen molar-refractivity contribution in [3.8, 4) is 0 Å². The highest BCUT2D eigenvalue weighted by molar-refractivity contribution is 5.69. The van der Waals surface area contributed by atoms with Crippen molar-refractivity contribution in [2.75, 3.05) is 0 Å². The molecule has 0 aromatic rings. The average Bonchev–Trinajstić information content (AvgIpc) is 2.41. The molecule has 104 valence electrons. The summed E-state index contributed by atoms with van der Waals surface area (Å²) in [5.74, 6) is 1.91. The van der Waals surface area contributed by atoms with E-state index in [-0.39, 0.29) is 12.1 Å². The lowest BCUT2D eigenvalue weighted by atomic mass is 9.73. The lowest BCUT2D eigenvalue weighted by molar-refractivity contribution is -0.151. The van der Waals surface area contributed by atoms with E-state index < -0.39 is 0 Å². The second kappa shape index (κ2) is 7.16. The van der Waals surface area contributed by atoms with Crippen LogP contribution in [0.1, 0.15) is 77.6 Å². The number of carbonyl (C=O) groups is 1. The van der Waals surface area contributed by atoms with Crippen molar-refractivity contribution in [2.24, 2.45) is 11.8 Å². The number of hydrogen-bond acceptors (Lipinski definition) is 2. The van der Waals surface area contributed by atoms with Gasteiger partial charge >= 0.3 is 5.97 Å². The lowest BCUT2D eigenvalue weighted by Gasteiger charge is -2.35. The van der Waals surface area contributed by atoms with Gasteiger partial charge in [-0.2, -0.15) is 0 Å². The first-order valence-electron chi connectivity index (χ1n) is 7.99. The van der Waals surface area contributed by atoms with Gasteiger partial charge in [0.15, 0.2) is 0 Å². The van der Waals surface area contributed by atoms with E-state index in [1.807, 2.05) is 6.92 Å². The van der Waals surface area contributed by atoms with Crippen molar-refractivity contribution in [2.45, 2.75) is 83.7 Å². The van der Waals surface area contributed by atoms with Gasteiger partial charge in [-0.1, -0.05) is 39.0 Å². The summed E-state index contributed by atoms with van der Waals surface area (Å²) in [7, 11) is 0. The maximum atomic E-state index is 11.5. The fraction of sp³-hybridized carbons (Fsp3) is 0.938. The predicted octanol–water partition coefficient (Wildman–Crippen LogP) is 4.47. The van der Waals surface area contributed by atoms with Gasteiger partial charge < -0.3 is 4.74 Å². The second-order valence-electron chi connectivity index (χ2n) is 6.17. The zero-order chi connectivity index (χ0) is 12.8. The standard InChI is InChI=1S/C16H28O2/c1-2-6-16(17)18-15-11-9-14(10-12-15)13-7-4-3-5-8-13/h13-15H,2-12H2,1H3. The molecule has 2 aliphatic carbocycles. The van der Waals surface area contributed by atoms with E-state index in [9.17, 15) is 4.79 Å². The van der Waals surface area contributed by atoms with Crippen LogP contribution in [-0.4, -0.2) is 12.1 Å². The molecule has 2 nitrogen and oxygen atoms in total. The highest BCUT2D eigenvalue weighted by Gasteiger charge is 2.29. The summed E-state index contributed by atoms with van der Waals surface area (Å²) < 4.78 is 5.53. The predicted molar refractivity (Wildman–Crippen MR) is 73.3 cm³/mol. The molecule has 0 heterocycles. The van der Waals surface area contributed by atoms with Crippen molar-refractivity contribution in [1.29, 1.82) is 0 Å². The molecule has 0 atom stereocenters. The van der Waals surface area contributed by atoms with E-state index in [4.69, 9.17) is 4.74 Å².